The van der Waals surface area contributed by atoms with Gasteiger partial charge in [0.1, 0.15) is 6.04 Å². The number of esters is 1. The highest BCUT2D eigenvalue weighted by atomic mass is 16.5. The SMILES string of the molecule is CCCN(CC)C(=O)N[C@@H](CN)C(=O)OC. The maximum absolute atomic E-state index is 11.7. The summed E-state index contributed by atoms with van der Waals surface area (Å²) in [4.78, 5) is 24.5. The number of nitrogens with two attached hydrogens (primary N) is 1. The lowest BCUT2D eigenvalue weighted by Gasteiger charge is -2.23. The molecule has 94 valence electrons. The third-order valence-electron chi connectivity index (χ3n) is 2.18. The number of hydrogen-bond donors (Lipinski definition) is 2. The Morgan fingerprint density at radius 3 is 2.44 bits per heavy atom. The molecular formula is C10H21N3O3. The molecule has 0 aromatic heterocycles. The van der Waals surface area contributed by atoms with E-state index in [0.29, 0.717) is 13.1 Å². The van der Waals surface area contributed by atoms with E-state index in [1.54, 1.807) is 4.90 Å². The molecule has 0 heterocycles. The number of ether oxygens (including phenoxy) is 1. The number of carbonyl (C=O) groups is 2. The Morgan fingerprint density at radius 2 is 2.06 bits per heavy atom. The predicted octanol–water partition coefficient (Wildman–Crippen LogP) is -0.0718. The Balaban J connectivity index is 4.32. The topological polar surface area (TPSA) is 84.7 Å². The first-order valence-corrected chi connectivity index (χ1v) is 5.43. The van der Waals surface area contributed by atoms with E-state index < -0.39 is 12.0 Å². The minimum atomic E-state index is -0.775. The molecule has 1 atom stereocenters. The second kappa shape index (κ2) is 7.92. The molecule has 0 saturated carbocycles. The molecule has 0 fully saturated rings. The highest BCUT2D eigenvalue weighted by Crippen LogP contribution is 1.94. The molecule has 0 aliphatic heterocycles. The number of carbonyl (C=O) groups excluding carboxylic acids is 2. The van der Waals surface area contributed by atoms with Gasteiger partial charge in [-0.3, -0.25) is 0 Å². The molecule has 0 radical (unpaired) electrons. The molecule has 0 spiro atoms. The predicted molar refractivity (Wildman–Crippen MR) is 60.9 cm³/mol. The number of urea groups is 1. The van der Waals surface area contributed by atoms with Gasteiger partial charge >= 0.3 is 12.0 Å². The normalized spacial score (nSPS) is 11.8. The summed E-state index contributed by atoms with van der Waals surface area (Å²) >= 11 is 0. The van der Waals surface area contributed by atoms with Crippen LogP contribution in [-0.4, -0.2) is 49.7 Å². The number of nitrogens with zero attached hydrogens (tertiary/aromatic N) is 1. The average molecular weight is 231 g/mol. The maximum atomic E-state index is 11.7. The van der Waals surface area contributed by atoms with Crippen LogP contribution >= 0.6 is 0 Å². The number of hydrogen-bond acceptors (Lipinski definition) is 4. The van der Waals surface area contributed by atoms with E-state index in [1.165, 1.54) is 7.11 Å². The maximum Gasteiger partial charge on any atom is 0.329 e. The van der Waals surface area contributed by atoms with E-state index in [1.807, 2.05) is 13.8 Å². The molecule has 6 nitrogen and oxygen atoms in total. The van der Waals surface area contributed by atoms with Crippen LogP contribution in [0.15, 0.2) is 0 Å². The van der Waals surface area contributed by atoms with Crippen LogP contribution in [-0.2, 0) is 9.53 Å². The minimum Gasteiger partial charge on any atom is -0.467 e. The van der Waals surface area contributed by atoms with Crippen molar-refractivity contribution in [1.82, 2.24) is 10.2 Å². The Kier molecular flexibility index (Phi) is 7.28. The zero-order valence-corrected chi connectivity index (χ0v) is 10.2. The fourth-order valence-electron chi connectivity index (χ4n) is 1.27. The monoisotopic (exact) mass is 231 g/mol. The van der Waals surface area contributed by atoms with Gasteiger partial charge in [0.15, 0.2) is 0 Å². The molecule has 16 heavy (non-hydrogen) atoms. The first-order valence-electron chi connectivity index (χ1n) is 5.43. The van der Waals surface area contributed by atoms with E-state index in [9.17, 15) is 9.59 Å². The first-order chi connectivity index (χ1) is 7.60. The van der Waals surface area contributed by atoms with Gasteiger partial charge in [-0.1, -0.05) is 6.92 Å². The Hall–Kier alpha value is -1.30. The lowest BCUT2D eigenvalue weighted by molar-refractivity contribution is -0.142. The van der Waals surface area contributed by atoms with Crippen LogP contribution < -0.4 is 11.1 Å². The van der Waals surface area contributed by atoms with Crippen LogP contribution in [0.25, 0.3) is 0 Å². The number of rotatable bonds is 6. The minimum absolute atomic E-state index is 0.0299. The summed E-state index contributed by atoms with van der Waals surface area (Å²) < 4.78 is 4.53. The summed E-state index contributed by atoms with van der Waals surface area (Å²) in [6, 6.07) is -1.06. The second-order valence-corrected chi connectivity index (χ2v) is 3.34. The molecule has 0 aromatic rings. The molecule has 3 N–H and O–H groups in total. The van der Waals surface area contributed by atoms with Crippen molar-refractivity contribution in [2.24, 2.45) is 5.73 Å². The van der Waals surface area contributed by atoms with Gasteiger partial charge in [-0.15, -0.1) is 0 Å². The van der Waals surface area contributed by atoms with E-state index in [2.05, 4.69) is 10.1 Å². The fraction of sp³-hybridized carbons (Fsp3) is 0.800. The van der Waals surface area contributed by atoms with Gasteiger partial charge in [-0.05, 0) is 13.3 Å². The van der Waals surface area contributed by atoms with Crippen molar-refractivity contribution in [3.8, 4) is 0 Å². The van der Waals surface area contributed by atoms with Crippen LogP contribution in [0.4, 0.5) is 4.79 Å². The van der Waals surface area contributed by atoms with Gasteiger partial charge in [-0.25, -0.2) is 9.59 Å². The quantitative estimate of drug-likeness (QED) is 0.627. The molecule has 0 aliphatic carbocycles. The van der Waals surface area contributed by atoms with Crippen molar-refractivity contribution < 1.29 is 14.3 Å². The Bertz CT molecular complexity index is 233. The summed E-state index contributed by atoms with van der Waals surface area (Å²) in [7, 11) is 1.26. The van der Waals surface area contributed by atoms with Crippen LogP contribution in [0.1, 0.15) is 20.3 Å². The lowest BCUT2D eigenvalue weighted by atomic mass is 10.3. The van der Waals surface area contributed by atoms with Crippen molar-refractivity contribution >= 4 is 12.0 Å². The van der Waals surface area contributed by atoms with Crippen LogP contribution in [0.3, 0.4) is 0 Å². The zero-order chi connectivity index (χ0) is 12.6. The molecule has 0 unspecified atom stereocenters. The summed E-state index contributed by atoms with van der Waals surface area (Å²) in [5.41, 5.74) is 5.38. The average Bonchev–Trinajstić information content (AvgIpc) is 2.31. The molecule has 6 heteroatoms. The van der Waals surface area contributed by atoms with Gasteiger partial charge in [-0.2, -0.15) is 0 Å². The van der Waals surface area contributed by atoms with Gasteiger partial charge in [0.05, 0.1) is 7.11 Å². The number of amides is 2. The van der Waals surface area contributed by atoms with Crippen molar-refractivity contribution in [3.63, 3.8) is 0 Å². The van der Waals surface area contributed by atoms with Crippen molar-refractivity contribution in [1.29, 1.82) is 0 Å². The lowest BCUT2D eigenvalue weighted by Crippen LogP contribution is -2.51. The Morgan fingerprint density at radius 1 is 1.44 bits per heavy atom. The number of methoxy groups -OCH3 is 1. The molecular weight excluding hydrogens is 210 g/mol. The van der Waals surface area contributed by atoms with Gasteiger partial charge in [0, 0.05) is 19.6 Å². The molecule has 0 aliphatic rings. The van der Waals surface area contributed by atoms with Gasteiger partial charge < -0.3 is 20.7 Å². The van der Waals surface area contributed by atoms with Gasteiger partial charge in [0.2, 0.25) is 0 Å². The smallest absolute Gasteiger partial charge is 0.329 e. The molecule has 0 saturated heterocycles. The van der Waals surface area contributed by atoms with E-state index in [4.69, 9.17) is 5.73 Å². The molecule has 2 amide bonds. The molecule has 0 bridgehead atoms. The summed E-state index contributed by atoms with van der Waals surface area (Å²) in [5, 5.41) is 2.54. The standard InChI is InChI=1S/C10H21N3O3/c1-4-6-13(5-2)10(15)12-8(7-11)9(14)16-3/h8H,4-7,11H2,1-3H3,(H,12,15)/t8-/m0/s1. The molecule has 0 rings (SSSR count). The third kappa shape index (κ3) is 4.48. The molecule has 0 aromatic carbocycles. The highest BCUT2D eigenvalue weighted by Gasteiger charge is 2.21. The van der Waals surface area contributed by atoms with Crippen molar-refractivity contribution in [2.75, 3.05) is 26.7 Å². The fourth-order valence-corrected chi connectivity index (χ4v) is 1.27. The zero-order valence-electron chi connectivity index (χ0n) is 10.2. The summed E-state index contributed by atoms with van der Waals surface area (Å²) in [5.74, 6) is -0.525. The Labute approximate surface area is 96.1 Å². The summed E-state index contributed by atoms with van der Waals surface area (Å²) in [6.45, 7) is 5.14. The largest absolute Gasteiger partial charge is 0.467 e. The van der Waals surface area contributed by atoms with Crippen molar-refractivity contribution in [3.05, 3.63) is 0 Å². The summed E-state index contributed by atoms with van der Waals surface area (Å²) in [6.07, 6.45) is 0.868. The van der Waals surface area contributed by atoms with E-state index in [-0.39, 0.29) is 12.6 Å². The van der Waals surface area contributed by atoms with E-state index in [0.717, 1.165) is 6.42 Å². The van der Waals surface area contributed by atoms with Crippen LogP contribution in [0, 0.1) is 0 Å². The van der Waals surface area contributed by atoms with Gasteiger partial charge in [0.25, 0.3) is 0 Å². The van der Waals surface area contributed by atoms with E-state index >= 15 is 0 Å². The van der Waals surface area contributed by atoms with Crippen molar-refractivity contribution in [2.45, 2.75) is 26.3 Å². The van der Waals surface area contributed by atoms with Crippen LogP contribution in [0.5, 0.6) is 0 Å². The van der Waals surface area contributed by atoms with Crippen LogP contribution in [0.2, 0.25) is 0 Å². The second-order valence-electron chi connectivity index (χ2n) is 3.34. The highest BCUT2D eigenvalue weighted by molar-refractivity contribution is 5.83. The third-order valence-corrected chi connectivity index (χ3v) is 2.18. The number of nitrogens with one attached hydrogen (secondary N) is 1. The first kappa shape index (κ1) is 14.7.